The molecule has 5 rings (SSSR count). The van der Waals surface area contributed by atoms with Crippen LogP contribution in [0, 0.1) is 6.92 Å². The van der Waals surface area contributed by atoms with Crippen molar-refractivity contribution in [1.29, 1.82) is 0 Å². The molecular formula is C22H23N5O. The second-order valence-corrected chi connectivity index (χ2v) is 7.39. The molecule has 0 aliphatic carbocycles. The summed E-state index contributed by atoms with van der Waals surface area (Å²) >= 11 is 0. The van der Waals surface area contributed by atoms with Crippen molar-refractivity contribution in [2.75, 3.05) is 13.2 Å². The van der Waals surface area contributed by atoms with E-state index in [1.165, 1.54) is 5.56 Å². The first-order chi connectivity index (χ1) is 13.8. The summed E-state index contributed by atoms with van der Waals surface area (Å²) in [5, 5.41) is 4.85. The van der Waals surface area contributed by atoms with E-state index in [0.717, 1.165) is 54.5 Å². The molecule has 0 radical (unpaired) electrons. The second-order valence-electron chi connectivity index (χ2n) is 7.39. The highest BCUT2D eigenvalue weighted by atomic mass is 16.5. The summed E-state index contributed by atoms with van der Waals surface area (Å²) in [6.45, 7) is 3.60. The Morgan fingerprint density at radius 2 is 1.96 bits per heavy atom. The van der Waals surface area contributed by atoms with Gasteiger partial charge in [0, 0.05) is 31.3 Å². The Bertz CT molecular complexity index is 1060. The van der Waals surface area contributed by atoms with Crippen LogP contribution in [0.4, 0.5) is 0 Å². The Morgan fingerprint density at radius 1 is 1.07 bits per heavy atom. The smallest absolute Gasteiger partial charge is 0.156 e. The summed E-state index contributed by atoms with van der Waals surface area (Å²) < 4.78 is 9.59. The first-order valence-electron chi connectivity index (χ1n) is 9.79. The summed E-state index contributed by atoms with van der Waals surface area (Å²) in [6.07, 6.45) is 6.72. The highest BCUT2D eigenvalue weighted by Gasteiger charge is 2.24. The predicted molar refractivity (Wildman–Crippen MR) is 107 cm³/mol. The van der Waals surface area contributed by atoms with E-state index in [-0.39, 0.29) is 0 Å². The first kappa shape index (κ1) is 17.1. The van der Waals surface area contributed by atoms with E-state index >= 15 is 0 Å². The van der Waals surface area contributed by atoms with E-state index in [4.69, 9.17) is 19.8 Å². The molecule has 1 aliphatic rings. The quantitative estimate of drug-likeness (QED) is 0.537. The van der Waals surface area contributed by atoms with Gasteiger partial charge in [0.15, 0.2) is 5.82 Å². The molecule has 28 heavy (non-hydrogen) atoms. The van der Waals surface area contributed by atoms with Gasteiger partial charge in [0.05, 0.1) is 18.0 Å². The number of rotatable bonds is 5. The van der Waals surface area contributed by atoms with Crippen molar-refractivity contribution in [2.24, 2.45) is 0 Å². The lowest BCUT2D eigenvalue weighted by molar-refractivity contribution is 0.193. The summed E-state index contributed by atoms with van der Waals surface area (Å²) in [6, 6.07) is 14.5. The van der Waals surface area contributed by atoms with Crippen LogP contribution in [0.3, 0.4) is 0 Å². The molecule has 0 spiro atoms. The number of fused-ring (bicyclic) bond motifs is 1. The second kappa shape index (κ2) is 7.20. The Kier molecular flexibility index (Phi) is 4.41. The molecule has 1 aromatic carbocycles. The number of ether oxygens (including phenoxy) is 1. The van der Waals surface area contributed by atoms with Gasteiger partial charge in [-0.25, -0.2) is 14.6 Å². The minimum Gasteiger partial charge on any atom is -0.381 e. The molecule has 0 saturated carbocycles. The van der Waals surface area contributed by atoms with Crippen molar-refractivity contribution in [3.63, 3.8) is 0 Å². The maximum atomic E-state index is 5.54. The van der Waals surface area contributed by atoms with Crippen molar-refractivity contribution in [3.8, 4) is 5.69 Å². The molecule has 1 fully saturated rings. The lowest BCUT2D eigenvalue weighted by Crippen LogP contribution is -2.05. The molecule has 0 bridgehead atoms. The normalized spacial score (nSPS) is 16.8. The minimum absolute atomic E-state index is 0.292. The van der Waals surface area contributed by atoms with Crippen LogP contribution in [0.2, 0.25) is 0 Å². The average Bonchev–Trinajstić information content (AvgIpc) is 3.45. The maximum Gasteiger partial charge on any atom is 0.156 e. The lowest BCUT2D eigenvalue weighted by atomic mass is 10.1. The van der Waals surface area contributed by atoms with Crippen LogP contribution in [0.15, 0.2) is 54.9 Å². The molecule has 0 amide bonds. The van der Waals surface area contributed by atoms with Gasteiger partial charge in [-0.3, -0.25) is 0 Å². The third-order valence-electron chi connectivity index (χ3n) is 5.28. The van der Waals surface area contributed by atoms with E-state index in [9.17, 15) is 0 Å². The molecular weight excluding hydrogens is 350 g/mol. The van der Waals surface area contributed by atoms with E-state index < -0.39 is 0 Å². The maximum absolute atomic E-state index is 5.54. The van der Waals surface area contributed by atoms with E-state index in [1.807, 2.05) is 29.1 Å². The van der Waals surface area contributed by atoms with Gasteiger partial charge in [0.2, 0.25) is 0 Å². The molecule has 6 heteroatoms. The van der Waals surface area contributed by atoms with Crippen LogP contribution in [0.5, 0.6) is 0 Å². The van der Waals surface area contributed by atoms with Crippen LogP contribution in [0.25, 0.3) is 11.3 Å². The monoisotopic (exact) mass is 373 g/mol. The fourth-order valence-corrected chi connectivity index (χ4v) is 3.68. The number of aromatic nitrogens is 5. The van der Waals surface area contributed by atoms with Crippen molar-refractivity contribution in [3.05, 3.63) is 77.8 Å². The standard InChI is InChI=1S/C22H23N5O/c1-16-5-8-19(9-6-16)27-21(24-22(25-27)17-11-13-28-15-17)10-7-18-14-26-12-3-2-4-20(26)23-18/h2-6,8-9,12,14,17H,7,10-11,13,15H2,1H3. The number of hydrogen-bond donors (Lipinski definition) is 0. The van der Waals surface area contributed by atoms with Crippen molar-refractivity contribution in [1.82, 2.24) is 24.1 Å². The topological polar surface area (TPSA) is 57.2 Å². The Balaban J connectivity index is 1.45. The van der Waals surface area contributed by atoms with Gasteiger partial charge in [-0.05, 0) is 44.0 Å². The summed E-state index contributed by atoms with van der Waals surface area (Å²) in [7, 11) is 0. The predicted octanol–water partition coefficient (Wildman–Crippen LogP) is 3.51. The molecule has 1 aliphatic heterocycles. The van der Waals surface area contributed by atoms with Crippen LogP contribution in [-0.2, 0) is 17.6 Å². The fraction of sp³-hybridized carbons (Fsp3) is 0.318. The van der Waals surface area contributed by atoms with Crippen LogP contribution >= 0.6 is 0 Å². The molecule has 142 valence electrons. The van der Waals surface area contributed by atoms with Gasteiger partial charge >= 0.3 is 0 Å². The lowest BCUT2D eigenvalue weighted by Gasteiger charge is -2.06. The van der Waals surface area contributed by atoms with Gasteiger partial charge in [0.1, 0.15) is 11.5 Å². The Labute approximate surface area is 163 Å². The first-order valence-corrected chi connectivity index (χ1v) is 9.79. The summed E-state index contributed by atoms with van der Waals surface area (Å²) in [5.74, 6) is 2.16. The molecule has 6 nitrogen and oxygen atoms in total. The largest absolute Gasteiger partial charge is 0.381 e. The van der Waals surface area contributed by atoms with Crippen molar-refractivity contribution >= 4 is 5.65 Å². The van der Waals surface area contributed by atoms with Gasteiger partial charge in [0.25, 0.3) is 0 Å². The van der Waals surface area contributed by atoms with E-state index in [1.54, 1.807) is 0 Å². The number of hydrogen-bond acceptors (Lipinski definition) is 4. The van der Waals surface area contributed by atoms with Crippen LogP contribution < -0.4 is 0 Å². The minimum atomic E-state index is 0.292. The van der Waals surface area contributed by atoms with Crippen molar-refractivity contribution in [2.45, 2.75) is 32.1 Å². The van der Waals surface area contributed by atoms with Gasteiger partial charge in [-0.2, -0.15) is 5.10 Å². The van der Waals surface area contributed by atoms with Gasteiger partial charge in [-0.15, -0.1) is 0 Å². The van der Waals surface area contributed by atoms with Crippen LogP contribution in [-0.4, -0.2) is 37.4 Å². The van der Waals surface area contributed by atoms with Crippen molar-refractivity contribution < 1.29 is 4.74 Å². The highest BCUT2D eigenvalue weighted by molar-refractivity contribution is 5.39. The molecule has 4 heterocycles. The number of benzene rings is 1. The summed E-state index contributed by atoms with van der Waals surface area (Å²) in [4.78, 5) is 9.61. The Morgan fingerprint density at radius 3 is 2.75 bits per heavy atom. The molecule has 0 N–H and O–H groups in total. The van der Waals surface area contributed by atoms with E-state index in [0.29, 0.717) is 12.5 Å². The number of nitrogens with zero attached hydrogens (tertiary/aromatic N) is 5. The zero-order valence-corrected chi connectivity index (χ0v) is 16.0. The van der Waals surface area contributed by atoms with Crippen LogP contribution in [0.1, 0.15) is 35.2 Å². The SMILES string of the molecule is Cc1ccc(-n2nc(C3CCOC3)nc2CCc2cn3ccccc3n2)cc1. The molecule has 4 aromatic rings. The molecule has 1 atom stereocenters. The third-order valence-corrected chi connectivity index (χ3v) is 5.28. The van der Waals surface area contributed by atoms with E-state index in [2.05, 4.69) is 41.8 Å². The average molecular weight is 373 g/mol. The molecule has 3 aromatic heterocycles. The zero-order valence-electron chi connectivity index (χ0n) is 16.0. The Hall–Kier alpha value is -2.99. The van der Waals surface area contributed by atoms with Gasteiger partial charge < -0.3 is 9.14 Å². The number of aryl methyl sites for hydroxylation is 3. The zero-order chi connectivity index (χ0) is 18.9. The molecule has 1 saturated heterocycles. The summed E-state index contributed by atoms with van der Waals surface area (Å²) in [5.41, 5.74) is 4.32. The molecule has 1 unspecified atom stereocenters. The van der Waals surface area contributed by atoms with Gasteiger partial charge in [-0.1, -0.05) is 23.8 Å². The fourth-order valence-electron chi connectivity index (χ4n) is 3.68. The third kappa shape index (κ3) is 3.31. The highest BCUT2D eigenvalue weighted by Crippen LogP contribution is 2.24. The number of pyridine rings is 1. The number of imidazole rings is 1.